The van der Waals surface area contributed by atoms with E-state index in [4.69, 9.17) is 0 Å². The van der Waals surface area contributed by atoms with Gasteiger partial charge in [0.15, 0.2) is 15.1 Å². The fraction of sp³-hybridized carbons (Fsp3) is 0.533. The van der Waals surface area contributed by atoms with Crippen LogP contribution < -0.4 is 0 Å². The molecule has 0 aromatic heterocycles. The number of likely N-dealkylation sites (tertiary alicyclic amines) is 1. The molecule has 1 aliphatic heterocycles. The van der Waals surface area contributed by atoms with E-state index in [1.54, 1.807) is 13.8 Å². The van der Waals surface area contributed by atoms with Crippen LogP contribution in [0.25, 0.3) is 0 Å². The molecule has 2 aromatic carbocycles. The summed E-state index contributed by atoms with van der Waals surface area (Å²) in [7, 11) is 0. The van der Waals surface area contributed by atoms with Crippen LogP contribution in [0.4, 0.5) is 30.7 Å². The topological polar surface area (TPSA) is 80.7 Å². The van der Waals surface area contributed by atoms with Crippen LogP contribution in [0.2, 0.25) is 0 Å². The van der Waals surface area contributed by atoms with Crippen molar-refractivity contribution in [1.82, 2.24) is 4.90 Å². The summed E-state index contributed by atoms with van der Waals surface area (Å²) in [4.78, 5) is 27.5. The number of benzene rings is 2. The Morgan fingerprint density at radius 1 is 0.953 bits per heavy atom. The van der Waals surface area contributed by atoms with Gasteiger partial charge in [-0.3, -0.25) is 9.59 Å². The number of hydrogen-bond donors (Lipinski definition) is 1. The smallest absolute Gasteiger partial charge is 0.406 e. The molecule has 1 amide bonds. The van der Waals surface area contributed by atoms with Gasteiger partial charge in [0, 0.05) is 18.5 Å². The van der Waals surface area contributed by atoms with Crippen molar-refractivity contribution in [3.8, 4) is 0 Å². The summed E-state index contributed by atoms with van der Waals surface area (Å²) >= 11 is -2.01. The second-order valence-electron chi connectivity index (χ2n) is 12.1. The van der Waals surface area contributed by atoms with Gasteiger partial charge >= 0.3 is 18.3 Å². The Morgan fingerprint density at radius 2 is 1.51 bits per heavy atom. The third kappa shape index (κ3) is 5.40. The van der Waals surface area contributed by atoms with Crippen LogP contribution in [-0.4, -0.2) is 51.9 Å². The first kappa shape index (κ1) is 33.1. The molecule has 0 bridgehead atoms. The molecular formula is C30H32F7NO4S. The van der Waals surface area contributed by atoms with E-state index >= 15 is 0 Å². The van der Waals surface area contributed by atoms with Gasteiger partial charge in [-0.25, -0.2) is 4.39 Å². The summed E-state index contributed by atoms with van der Waals surface area (Å²) in [5.74, 6) is -1.96. The maximum absolute atomic E-state index is 14.1. The minimum Gasteiger partial charge on any atom is -0.611 e. The van der Waals surface area contributed by atoms with Crippen LogP contribution in [0.3, 0.4) is 0 Å². The Balaban J connectivity index is 1.76. The van der Waals surface area contributed by atoms with Gasteiger partial charge in [0.1, 0.15) is 5.82 Å². The van der Waals surface area contributed by atoms with Crippen LogP contribution in [0.5, 0.6) is 0 Å². The van der Waals surface area contributed by atoms with Gasteiger partial charge in [-0.05, 0) is 80.5 Å². The molecule has 13 heteroatoms. The van der Waals surface area contributed by atoms with Gasteiger partial charge in [-0.1, -0.05) is 31.2 Å². The molecule has 1 saturated heterocycles. The highest BCUT2D eigenvalue weighted by Gasteiger charge is 2.68. The van der Waals surface area contributed by atoms with Gasteiger partial charge in [-0.2, -0.15) is 26.3 Å². The number of hydrogen-bond acceptors (Lipinski definition) is 3. The summed E-state index contributed by atoms with van der Waals surface area (Å²) in [6.45, 7) is 3.30. The molecule has 0 spiro atoms. The molecule has 2 aliphatic rings. The van der Waals surface area contributed by atoms with Gasteiger partial charge in [0.05, 0.1) is 17.4 Å². The first-order valence-electron chi connectivity index (χ1n) is 13.7. The number of carbonyl (C=O) groups is 2. The molecule has 5 nitrogen and oxygen atoms in total. The number of amides is 1. The van der Waals surface area contributed by atoms with Crippen molar-refractivity contribution in [2.45, 2.75) is 80.3 Å². The Bertz CT molecular complexity index is 1350. The zero-order chi connectivity index (χ0) is 32.2. The first-order valence-corrected chi connectivity index (χ1v) is 14.9. The summed E-state index contributed by atoms with van der Waals surface area (Å²) < 4.78 is 109. The maximum Gasteiger partial charge on any atom is 0.406 e. The molecule has 4 atom stereocenters. The van der Waals surface area contributed by atoms with E-state index in [-0.39, 0.29) is 55.6 Å². The number of halogens is 7. The number of carbonyl (C=O) groups excluding carboxylic acids is 1. The van der Waals surface area contributed by atoms with Crippen molar-refractivity contribution in [2.24, 2.45) is 10.8 Å². The van der Waals surface area contributed by atoms with Gasteiger partial charge in [0.2, 0.25) is 5.91 Å². The summed E-state index contributed by atoms with van der Waals surface area (Å²) in [6.07, 6.45) is -10.2. The van der Waals surface area contributed by atoms with Crippen molar-refractivity contribution in [3.05, 3.63) is 65.5 Å². The highest BCUT2D eigenvalue weighted by atomic mass is 32.2. The monoisotopic (exact) mass is 635 g/mol. The molecule has 2 fully saturated rings. The molecule has 2 aromatic rings. The van der Waals surface area contributed by atoms with Crippen LogP contribution in [0.1, 0.15) is 64.0 Å². The van der Waals surface area contributed by atoms with Gasteiger partial charge in [-0.15, -0.1) is 0 Å². The lowest BCUT2D eigenvalue weighted by molar-refractivity contribution is -0.297. The maximum atomic E-state index is 14.1. The average molecular weight is 636 g/mol. The largest absolute Gasteiger partial charge is 0.611 e. The predicted molar refractivity (Wildman–Crippen MR) is 144 cm³/mol. The minimum atomic E-state index is -5.65. The van der Waals surface area contributed by atoms with Crippen molar-refractivity contribution < 1.29 is 50.0 Å². The molecule has 1 saturated carbocycles. The van der Waals surface area contributed by atoms with Gasteiger partial charge in [0.25, 0.3) is 0 Å². The Hall–Kier alpha value is -2.80. The van der Waals surface area contributed by atoms with Crippen molar-refractivity contribution in [3.63, 3.8) is 0 Å². The normalized spacial score (nSPS) is 27.4. The van der Waals surface area contributed by atoms with E-state index in [1.807, 2.05) is 0 Å². The fourth-order valence-electron chi connectivity index (χ4n) is 6.42. The second kappa shape index (κ2) is 11.0. The Labute approximate surface area is 247 Å². The highest BCUT2D eigenvalue weighted by Crippen LogP contribution is 2.55. The van der Waals surface area contributed by atoms with E-state index in [1.165, 1.54) is 17.0 Å². The second-order valence-corrected chi connectivity index (χ2v) is 13.9. The molecule has 236 valence electrons. The lowest BCUT2D eigenvalue weighted by Gasteiger charge is -2.36. The van der Waals surface area contributed by atoms with Crippen LogP contribution in [0, 0.1) is 16.6 Å². The lowest BCUT2D eigenvalue weighted by atomic mass is 9.77. The summed E-state index contributed by atoms with van der Waals surface area (Å²) in [6, 6.07) is 8.30. The van der Waals surface area contributed by atoms with Crippen LogP contribution in [0.15, 0.2) is 53.4 Å². The third-order valence-electron chi connectivity index (χ3n) is 9.55. The van der Waals surface area contributed by atoms with Gasteiger partial charge < -0.3 is 14.6 Å². The number of alkyl halides is 6. The fourth-order valence-corrected chi connectivity index (χ4v) is 8.16. The van der Waals surface area contributed by atoms with Crippen LogP contribution >= 0.6 is 0 Å². The zero-order valence-corrected chi connectivity index (χ0v) is 24.6. The van der Waals surface area contributed by atoms with E-state index in [9.17, 15) is 50.0 Å². The minimum absolute atomic E-state index is 0.0495. The average Bonchev–Trinajstić information content (AvgIpc) is 3.55. The number of carboxylic acids is 1. The number of carboxylic acid groups (broad SMARTS) is 1. The van der Waals surface area contributed by atoms with E-state index in [0.717, 1.165) is 24.3 Å². The number of aliphatic carboxylic acids is 1. The molecule has 4 rings (SSSR count). The number of nitrogens with zero attached hydrogens (tertiary/aromatic N) is 1. The molecule has 0 radical (unpaired) electrons. The van der Waals surface area contributed by atoms with E-state index in [0.29, 0.717) is 25.0 Å². The predicted octanol–water partition coefficient (Wildman–Crippen LogP) is 7.11. The first-order chi connectivity index (χ1) is 19.8. The summed E-state index contributed by atoms with van der Waals surface area (Å²) in [5, 5.41) is 9.74. The standard InChI is InChI=1S/C30H32F7NO4S/c1-4-27(14-13-25(2,17-27)24(40)41)23(39)38-16-15-28(18-38,43(42)22-11-9-21(31)10-12-22)20-7-5-19(6-8-20)26(3,29(32,33)34)30(35,36)37/h5-12H,4,13-18H2,1-3H3,(H,40,41)/t25-,27?,28-,43?/m0/s1. The quantitative estimate of drug-likeness (QED) is 0.260. The molecule has 2 unspecified atom stereocenters. The molecule has 1 heterocycles. The number of rotatable bonds is 7. The van der Waals surface area contributed by atoms with Crippen molar-refractivity contribution >= 4 is 23.1 Å². The lowest BCUT2D eigenvalue weighted by Crippen LogP contribution is -2.51. The zero-order valence-electron chi connectivity index (χ0n) is 23.7. The van der Waals surface area contributed by atoms with Crippen LogP contribution in [-0.2, 0) is 30.9 Å². The van der Waals surface area contributed by atoms with Crippen molar-refractivity contribution in [2.75, 3.05) is 13.1 Å². The van der Waals surface area contributed by atoms with Crippen molar-refractivity contribution in [1.29, 1.82) is 0 Å². The highest BCUT2D eigenvalue weighted by molar-refractivity contribution is 7.92. The molecule has 1 N–H and O–H groups in total. The summed E-state index contributed by atoms with van der Waals surface area (Å²) in [5.41, 5.74) is -7.15. The van der Waals surface area contributed by atoms with E-state index in [2.05, 4.69) is 0 Å². The van der Waals surface area contributed by atoms with E-state index < -0.39 is 61.9 Å². The Kier molecular flexibility index (Phi) is 8.45. The molecule has 43 heavy (non-hydrogen) atoms. The Morgan fingerprint density at radius 3 is 1.98 bits per heavy atom. The molecular weight excluding hydrogens is 603 g/mol. The SMILES string of the molecule is CCC1(C(=O)N2CC[C@](c3ccc(C(C)(C(F)(F)F)C(F)(F)F)cc3)([S+]([O-])c3ccc(F)cc3)C2)CC[C@](C)(C(=O)O)C1. The third-order valence-corrected chi connectivity index (χ3v) is 11.5. The molecule has 1 aliphatic carbocycles.